The van der Waals surface area contributed by atoms with Crippen LogP contribution in [-0.4, -0.2) is 39.1 Å². The van der Waals surface area contributed by atoms with Crippen LogP contribution in [0.5, 0.6) is 0 Å². The van der Waals surface area contributed by atoms with Crippen molar-refractivity contribution in [3.63, 3.8) is 0 Å². The smallest absolute Gasteiger partial charge is 0.257 e. The third kappa shape index (κ3) is 3.78. The molecule has 5 heteroatoms. The van der Waals surface area contributed by atoms with Crippen LogP contribution in [0, 0.1) is 13.8 Å². The molecule has 1 aliphatic heterocycles. The summed E-state index contributed by atoms with van der Waals surface area (Å²) in [6.07, 6.45) is 6.17. The zero-order valence-electron chi connectivity index (χ0n) is 15.4. The maximum Gasteiger partial charge on any atom is 0.257 e. The van der Waals surface area contributed by atoms with Gasteiger partial charge in [0.15, 0.2) is 0 Å². The quantitative estimate of drug-likeness (QED) is 0.805. The molecule has 1 aromatic heterocycles. The van der Waals surface area contributed by atoms with Crippen LogP contribution in [0.2, 0.25) is 0 Å². The van der Waals surface area contributed by atoms with E-state index in [1.807, 2.05) is 23.6 Å². The molecule has 1 amide bonds. The van der Waals surface area contributed by atoms with Crippen molar-refractivity contribution in [1.29, 1.82) is 0 Å². The summed E-state index contributed by atoms with van der Waals surface area (Å²) in [5, 5.41) is 0.578. The summed E-state index contributed by atoms with van der Waals surface area (Å²) >= 11 is 1.95. The third-order valence-corrected chi connectivity index (χ3v) is 6.80. The van der Waals surface area contributed by atoms with Gasteiger partial charge in [0, 0.05) is 35.3 Å². The number of hydrogen-bond acceptors (Lipinski definition) is 4. The summed E-state index contributed by atoms with van der Waals surface area (Å²) in [7, 11) is 0. The molecule has 136 valence electrons. The lowest BCUT2D eigenvalue weighted by molar-refractivity contribution is 0.0725. The minimum atomic E-state index is 0.0872. The average molecular weight is 368 g/mol. The van der Waals surface area contributed by atoms with Gasteiger partial charge in [0.1, 0.15) is 5.82 Å². The molecule has 2 aromatic rings. The summed E-state index contributed by atoms with van der Waals surface area (Å²) in [5.41, 5.74) is 2.82. The van der Waals surface area contributed by atoms with E-state index in [1.165, 1.54) is 23.3 Å². The van der Waals surface area contributed by atoms with Gasteiger partial charge in [-0.2, -0.15) is 0 Å². The van der Waals surface area contributed by atoms with Crippen molar-refractivity contribution in [3.05, 3.63) is 53.1 Å². The standard InChI is InChI=1S/C21H25N3OS/c1-14-5-3-4-6-19(14)26-17-9-11-24(12-10-17)21(25)18-13-22-20(16-7-8-16)23-15(18)2/h3-6,13,16-17H,7-12H2,1-2H3. The second-order valence-electron chi connectivity index (χ2n) is 7.38. The summed E-state index contributed by atoms with van der Waals surface area (Å²) in [4.78, 5) is 25.2. The van der Waals surface area contributed by atoms with E-state index < -0.39 is 0 Å². The topological polar surface area (TPSA) is 46.1 Å². The Kier molecular flexibility index (Phi) is 4.98. The largest absolute Gasteiger partial charge is 0.338 e. The minimum absolute atomic E-state index is 0.0872. The molecule has 0 N–H and O–H groups in total. The number of aromatic nitrogens is 2. The summed E-state index contributed by atoms with van der Waals surface area (Å²) in [6.45, 7) is 5.72. The minimum Gasteiger partial charge on any atom is -0.338 e. The molecule has 26 heavy (non-hydrogen) atoms. The lowest BCUT2D eigenvalue weighted by atomic mass is 10.1. The van der Waals surface area contributed by atoms with Crippen molar-refractivity contribution in [3.8, 4) is 0 Å². The van der Waals surface area contributed by atoms with Crippen LogP contribution in [0.1, 0.15) is 59.0 Å². The predicted octanol–water partition coefficient (Wildman–Crippen LogP) is 4.37. The van der Waals surface area contributed by atoms with Gasteiger partial charge in [-0.3, -0.25) is 4.79 Å². The molecular formula is C21H25N3OS. The first-order valence-electron chi connectivity index (χ1n) is 9.47. The van der Waals surface area contributed by atoms with Crippen molar-refractivity contribution in [1.82, 2.24) is 14.9 Å². The number of nitrogens with zero attached hydrogens (tertiary/aromatic N) is 3. The number of aryl methyl sites for hydroxylation is 2. The molecule has 1 aromatic carbocycles. The maximum atomic E-state index is 12.9. The van der Waals surface area contributed by atoms with Crippen molar-refractivity contribution in [2.24, 2.45) is 0 Å². The van der Waals surface area contributed by atoms with Gasteiger partial charge in [0.2, 0.25) is 0 Å². The SMILES string of the molecule is Cc1ccccc1SC1CCN(C(=O)c2cnc(C3CC3)nc2C)CC1. The molecule has 0 atom stereocenters. The molecule has 2 aliphatic rings. The zero-order valence-corrected chi connectivity index (χ0v) is 16.3. The molecule has 0 bridgehead atoms. The van der Waals surface area contributed by atoms with E-state index in [0.29, 0.717) is 16.7 Å². The van der Waals surface area contributed by atoms with Crippen LogP contribution in [0.4, 0.5) is 0 Å². The Bertz CT molecular complexity index is 811. The fraction of sp³-hybridized carbons (Fsp3) is 0.476. The lowest BCUT2D eigenvalue weighted by Crippen LogP contribution is -2.39. The molecule has 4 rings (SSSR count). The van der Waals surface area contributed by atoms with Gasteiger partial charge in [-0.05, 0) is 51.2 Å². The first-order valence-corrected chi connectivity index (χ1v) is 10.3. The first kappa shape index (κ1) is 17.5. The molecule has 0 spiro atoms. The highest BCUT2D eigenvalue weighted by Gasteiger charge is 2.29. The third-order valence-electron chi connectivity index (χ3n) is 5.29. The molecule has 2 fully saturated rings. The predicted molar refractivity (Wildman–Crippen MR) is 105 cm³/mol. The van der Waals surface area contributed by atoms with Gasteiger partial charge in [-0.1, -0.05) is 18.2 Å². The number of amides is 1. The van der Waals surface area contributed by atoms with Gasteiger partial charge in [-0.25, -0.2) is 9.97 Å². The van der Waals surface area contributed by atoms with E-state index in [-0.39, 0.29) is 5.91 Å². The molecule has 1 aliphatic carbocycles. The Morgan fingerprint density at radius 3 is 2.50 bits per heavy atom. The summed E-state index contributed by atoms with van der Waals surface area (Å²) < 4.78 is 0. The van der Waals surface area contributed by atoms with Crippen molar-refractivity contribution >= 4 is 17.7 Å². The molecule has 2 heterocycles. The van der Waals surface area contributed by atoms with E-state index >= 15 is 0 Å². The molecule has 4 nitrogen and oxygen atoms in total. The number of carbonyl (C=O) groups excluding carboxylic acids is 1. The fourth-order valence-electron chi connectivity index (χ4n) is 3.45. The van der Waals surface area contributed by atoms with Gasteiger partial charge < -0.3 is 4.90 Å². The number of hydrogen-bond donors (Lipinski definition) is 0. The first-order chi connectivity index (χ1) is 12.6. The average Bonchev–Trinajstić information content (AvgIpc) is 3.49. The number of likely N-dealkylation sites (tertiary alicyclic amines) is 1. The molecule has 1 saturated carbocycles. The van der Waals surface area contributed by atoms with Crippen molar-refractivity contribution < 1.29 is 4.79 Å². The Morgan fingerprint density at radius 1 is 1.12 bits per heavy atom. The van der Waals surface area contributed by atoms with E-state index in [9.17, 15) is 4.79 Å². The molecular weight excluding hydrogens is 342 g/mol. The van der Waals surface area contributed by atoms with Crippen LogP contribution in [-0.2, 0) is 0 Å². The van der Waals surface area contributed by atoms with Crippen LogP contribution in [0.15, 0.2) is 35.4 Å². The van der Waals surface area contributed by atoms with Gasteiger partial charge in [-0.15, -0.1) is 11.8 Å². The second-order valence-corrected chi connectivity index (χ2v) is 8.72. The van der Waals surface area contributed by atoms with E-state index in [1.54, 1.807) is 6.20 Å². The number of carbonyl (C=O) groups is 1. The monoisotopic (exact) mass is 367 g/mol. The van der Waals surface area contributed by atoms with Crippen LogP contribution in [0.25, 0.3) is 0 Å². The van der Waals surface area contributed by atoms with Gasteiger partial charge in [0.25, 0.3) is 5.91 Å². The molecule has 1 saturated heterocycles. The van der Waals surface area contributed by atoms with Gasteiger partial charge in [0.05, 0.1) is 11.3 Å². The fourth-order valence-corrected chi connectivity index (χ4v) is 4.67. The number of benzene rings is 1. The van der Waals surface area contributed by atoms with E-state index in [2.05, 4.69) is 41.2 Å². The normalized spacial score (nSPS) is 18.2. The highest BCUT2D eigenvalue weighted by molar-refractivity contribution is 8.00. The molecule has 0 unspecified atom stereocenters. The number of rotatable bonds is 4. The second kappa shape index (κ2) is 7.39. The number of piperidine rings is 1. The van der Waals surface area contributed by atoms with E-state index in [4.69, 9.17) is 0 Å². The lowest BCUT2D eigenvalue weighted by Gasteiger charge is -2.32. The highest BCUT2D eigenvalue weighted by Crippen LogP contribution is 2.38. The maximum absolute atomic E-state index is 12.9. The highest BCUT2D eigenvalue weighted by atomic mass is 32.2. The Hall–Kier alpha value is -1.88. The van der Waals surface area contributed by atoms with Crippen molar-refractivity contribution in [2.75, 3.05) is 13.1 Å². The number of thioether (sulfide) groups is 1. The van der Waals surface area contributed by atoms with Gasteiger partial charge >= 0.3 is 0 Å². The van der Waals surface area contributed by atoms with Crippen LogP contribution < -0.4 is 0 Å². The van der Waals surface area contributed by atoms with Crippen molar-refractivity contribution in [2.45, 2.75) is 55.6 Å². The van der Waals surface area contributed by atoms with Crippen LogP contribution >= 0.6 is 11.8 Å². The Balaban J connectivity index is 1.37. The summed E-state index contributed by atoms with van der Waals surface area (Å²) in [6, 6.07) is 8.54. The Labute approximate surface area is 159 Å². The van der Waals surface area contributed by atoms with Crippen LogP contribution in [0.3, 0.4) is 0 Å². The molecule has 0 radical (unpaired) electrons. The van der Waals surface area contributed by atoms with E-state index in [0.717, 1.165) is 37.4 Å². The Morgan fingerprint density at radius 2 is 1.85 bits per heavy atom. The zero-order chi connectivity index (χ0) is 18.1. The summed E-state index contributed by atoms with van der Waals surface area (Å²) in [5.74, 6) is 1.52.